The molecule has 0 aliphatic rings. The van der Waals surface area contributed by atoms with E-state index in [2.05, 4.69) is 4.40 Å². The van der Waals surface area contributed by atoms with Gasteiger partial charge in [0.25, 0.3) is 0 Å². The van der Waals surface area contributed by atoms with Crippen molar-refractivity contribution in [2.24, 2.45) is 4.40 Å². The van der Waals surface area contributed by atoms with E-state index in [-0.39, 0.29) is 5.82 Å². The highest BCUT2D eigenvalue weighted by Crippen LogP contribution is 2.14. The molecule has 0 aromatic heterocycles. The first-order chi connectivity index (χ1) is 8.34. The second-order valence-electron chi connectivity index (χ2n) is 4.88. The van der Waals surface area contributed by atoms with Crippen LogP contribution in [0.3, 0.4) is 0 Å². The molecule has 1 aromatic rings. The maximum atomic E-state index is 13.5. The average molecular weight is 271 g/mol. The number of hydrogen-bond donors (Lipinski definition) is 0. The highest BCUT2D eigenvalue weighted by atomic mass is 32.2. The van der Waals surface area contributed by atoms with E-state index in [1.54, 1.807) is 19.2 Å². The first kappa shape index (κ1) is 15.0. The molecular formula is C13H18FNO2S. The molecule has 1 atom stereocenters. The zero-order valence-electron chi connectivity index (χ0n) is 11.1. The minimum absolute atomic E-state index is 0.321. The third-order valence-electron chi connectivity index (χ3n) is 2.18. The van der Waals surface area contributed by atoms with Crippen LogP contribution in [0.15, 0.2) is 22.6 Å². The van der Waals surface area contributed by atoms with E-state index in [0.717, 1.165) is 5.56 Å². The van der Waals surface area contributed by atoms with Crippen molar-refractivity contribution >= 4 is 17.2 Å². The molecule has 0 saturated heterocycles. The van der Waals surface area contributed by atoms with Gasteiger partial charge in [-0.1, -0.05) is 6.07 Å². The monoisotopic (exact) mass is 271 g/mol. The van der Waals surface area contributed by atoms with Crippen LogP contribution in [0.2, 0.25) is 0 Å². The van der Waals surface area contributed by atoms with Crippen LogP contribution < -0.4 is 0 Å². The predicted octanol–water partition coefficient (Wildman–Crippen LogP) is 2.85. The van der Waals surface area contributed by atoms with Gasteiger partial charge < -0.3 is 4.74 Å². The Morgan fingerprint density at radius 2 is 2.11 bits per heavy atom. The zero-order valence-corrected chi connectivity index (χ0v) is 11.9. The Labute approximate surface area is 110 Å². The molecule has 1 unspecified atom stereocenters. The summed E-state index contributed by atoms with van der Waals surface area (Å²) in [5, 5.41) is 0. The fourth-order valence-corrected chi connectivity index (χ4v) is 1.74. The minimum atomic E-state index is -1.38. The van der Waals surface area contributed by atoms with Gasteiger partial charge in [-0.15, -0.1) is 0 Å². The van der Waals surface area contributed by atoms with E-state index < -0.39 is 15.7 Å². The summed E-state index contributed by atoms with van der Waals surface area (Å²) in [6.07, 6.45) is 1.32. The molecule has 0 aliphatic heterocycles. The Balaban J connectivity index is 2.93. The van der Waals surface area contributed by atoms with E-state index in [1.165, 1.54) is 12.3 Å². The molecule has 0 aliphatic carbocycles. The molecule has 100 valence electrons. The summed E-state index contributed by atoms with van der Waals surface area (Å²) in [7, 11) is 0.190. The van der Waals surface area contributed by atoms with Crippen LogP contribution in [0.25, 0.3) is 0 Å². The first-order valence-corrected chi connectivity index (χ1v) is 6.68. The Hall–Kier alpha value is -1.07. The van der Waals surface area contributed by atoms with Gasteiger partial charge in [-0.05, 0) is 38.5 Å². The molecule has 1 aromatic carbocycles. The van der Waals surface area contributed by atoms with Gasteiger partial charge in [0.05, 0.1) is 11.4 Å². The maximum absolute atomic E-state index is 13.5. The number of hydrogen-bond acceptors (Lipinski definition) is 2. The van der Waals surface area contributed by atoms with Crippen LogP contribution >= 0.6 is 0 Å². The summed E-state index contributed by atoms with van der Waals surface area (Å²) in [5.74, 6) is -0.385. The molecule has 18 heavy (non-hydrogen) atoms. The molecule has 0 spiro atoms. The third-order valence-corrected chi connectivity index (χ3v) is 3.53. The highest BCUT2D eigenvalue weighted by molar-refractivity contribution is 7.85. The lowest BCUT2D eigenvalue weighted by molar-refractivity contribution is 0.185. The van der Waals surface area contributed by atoms with Crippen molar-refractivity contribution in [2.45, 2.75) is 32.1 Å². The maximum Gasteiger partial charge on any atom is 0.144 e. The highest BCUT2D eigenvalue weighted by Gasteiger charge is 2.18. The minimum Gasteiger partial charge on any atom is -0.380 e. The summed E-state index contributed by atoms with van der Waals surface area (Å²) in [4.78, 5) is 0. The largest absolute Gasteiger partial charge is 0.380 e. The molecule has 0 saturated carbocycles. The van der Waals surface area contributed by atoms with Crippen LogP contribution in [-0.2, 0) is 22.3 Å². The van der Waals surface area contributed by atoms with Crippen LogP contribution in [0, 0.1) is 5.82 Å². The first-order valence-electron chi connectivity index (χ1n) is 5.58. The molecule has 3 nitrogen and oxygen atoms in total. The van der Waals surface area contributed by atoms with Gasteiger partial charge >= 0.3 is 0 Å². The van der Waals surface area contributed by atoms with Crippen molar-refractivity contribution in [1.82, 2.24) is 0 Å². The number of halogens is 1. The van der Waals surface area contributed by atoms with E-state index >= 15 is 0 Å². The molecule has 0 bridgehead atoms. The number of nitrogens with zero attached hydrogens (tertiary/aromatic N) is 1. The summed E-state index contributed by atoms with van der Waals surface area (Å²) in [5.41, 5.74) is 1.17. The molecule has 0 N–H and O–H groups in total. The van der Waals surface area contributed by atoms with E-state index in [0.29, 0.717) is 12.2 Å². The second kappa shape index (κ2) is 6.20. The van der Waals surface area contributed by atoms with Gasteiger partial charge in [0.15, 0.2) is 0 Å². The Bertz CT molecular complexity index is 467. The molecule has 1 rings (SSSR count). The van der Waals surface area contributed by atoms with Crippen molar-refractivity contribution in [2.75, 3.05) is 7.11 Å². The van der Waals surface area contributed by atoms with Gasteiger partial charge in [-0.25, -0.2) is 8.60 Å². The van der Waals surface area contributed by atoms with Crippen molar-refractivity contribution < 1.29 is 13.3 Å². The predicted molar refractivity (Wildman–Crippen MR) is 72.6 cm³/mol. The fourth-order valence-electron chi connectivity index (χ4n) is 1.21. The van der Waals surface area contributed by atoms with Crippen LogP contribution in [0.5, 0.6) is 0 Å². The second-order valence-corrected chi connectivity index (χ2v) is 6.82. The molecule has 0 heterocycles. The SMILES string of the molecule is COCc1ccc(F)c(C=NS(=O)C(C)(C)C)c1. The molecule has 0 radical (unpaired) electrons. The smallest absolute Gasteiger partial charge is 0.144 e. The van der Waals surface area contributed by atoms with Crippen LogP contribution in [0.1, 0.15) is 31.9 Å². The lowest BCUT2D eigenvalue weighted by Crippen LogP contribution is -2.19. The lowest BCUT2D eigenvalue weighted by atomic mass is 10.1. The van der Waals surface area contributed by atoms with Gasteiger partial charge in [0, 0.05) is 18.9 Å². The fraction of sp³-hybridized carbons (Fsp3) is 0.462. The van der Waals surface area contributed by atoms with Crippen molar-refractivity contribution in [3.8, 4) is 0 Å². The standard InChI is InChI=1S/C13H18FNO2S/c1-13(2,3)18(16)15-8-11-7-10(9-17-4)5-6-12(11)14/h5-8H,9H2,1-4H3. The molecular weight excluding hydrogens is 253 g/mol. The van der Waals surface area contributed by atoms with E-state index in [1.807, 2.05) is 20.8 Å². The molecule has 5 heteroatoms. The summed E-state index contributed by atoms with van der Waals surface area (Å²) >= 11 is 0. The zero-order chi connectivity index (χ0) is 13.8. The summed E-state index contributed by atoms with van der Waals surface area (Å²) in [6.45, 7) is 5.86. The normalized spacial score (nSPS) is 14.1. The lowest BCUT2D eigenvalue weighted by Gasteiger charge is -2.12. The number of methoxy groups -OCH3 is 1. The van der Waals surface area contributed by atoms with Crippen molar-refractivity contribution in [3.63, 3.8) is 0 Å². The van der Waals surface area contributed by atoms with Gasteiger partial charge in [0.1, 0.15) is 16.8 Å². The Morgan fingerprint density at radius 3 is 2.67 bits per heavy atom. The average Bonchev–Trinajstić information content (AvgIpc) is 2.28. The van der Waals surface area contributed by atoms with Gasteiger partial charge in [0.2, 0.25) is 0 Å². The van der Waals surface area contributed by atoms with E-state index in [4.69, 9.17) is 4.74 Å². The number of ether oxygens (including phenoxy) is 1. The van der Waals surface area contributed by atoms with Gasteiger partial charge in [-0.2, -0.15) is 4.40 Å². The van der Waals surface area contributed by atoms with Gasteiger partial charge in [-0.3, -0.25) is 0 Å². The van der Waals surface area contributed by atoms with E-state index in [9.17, 15) is 8.60 Å². The van der Waals surface area contributed by atoms with Crippen LogP contribution in [0.4, 0.5) is 4.39 Å². The summed E-state index contributed by atoms with van der Waals surface area (Å²) in [6, 6.07) is 4.65. The molecule has 0 amide bonds. The Kier molecular flexibility index (Phi) is 5.16. The summed E-state index contributed by atoms with van der Waals surface area (Å²) < 4.78 is 33.7. The van der Waals surface area contributed by atoms with Crippen molar-refractivity contribution in [1.29, 1.82) is 0 Å². The third kappa shape index (κ3) is 4.31. The van der Waals surface area contributed by atoms with Crippen LogP contribution in [-0.4, -0.2) is 22.3 Å². The Morgan fingerprint density at radius 1 is 1.44 bits per heavy atom. The quantitative estimate of drug-likeness (QED) is 0.790. The number of benzene rings is 1. The topological polar surface area (TPSA) is 38.7 Å². The molecule has 0 fully saturated rings. The number of rotatable bonds is 4. The van der Waals surface area contributed by atoms with Crippen molar-refractivity contribution in [3.05, 3.63) is 35.1 Å².